The molecule has 0 saturated carbocycles. The van der Waals surface area contributed by atoms with Crippen molar-refractivity contribution >= 4 is 5.91 Å². The van der Waals surface area contributed by atoms with E-state index in [0.29, 0.717) is 18.0 Å². The first-order chi connectivity index (χ1) is 12.8. The normalized spacial score (nSPS) is 17.2. The van der Waals surface area contributed by atoms with Gasteiger partial charge in [-0.05, 0) is 37.1 Å². The van der Waals surface area contributed by atoms with Crippen molar-refractivity contribution in [3.05, 3.63) is 59.7 Å². The molecule has 0 spiro atoms. The Labute approximate surface area is 151 Å². The van der Waals surface area contributed by atoms with Crippen LogP contribution in [0.2, 0.25) is 0 Å². The molecule has 0 radical (unpaired) electrons. The summed E-state index contributed by atoms with van der Waals surface area (Å²) < 4.78 is 1.69. The third kappa shape index (κ3) is 3.50. The number of nitrogens with zero attached hydrogens (tertiary/aromatic N) is 4. The van der Waals surface area contributed by atoms with E-state index in [2.05, 4.69) is 31.1 Å². The highest BCUT2D eigenvalue weighted by atomic mass is 16.1. The number of aromatic nitrogens is 5. The summed E-state index contributed by atoms with van der Waals surface area (Å²) in [5.74, 6) is 0.216. The number of carbonyl (C=O) groups is 1. The monoisotopic (exact) mass is 351 g/mol. The second kappa shape index (κ2) is 7.49. The van der Waals surface area contributed by atoms with Crippen molar-refractivity contribution in [2.75, 3.05) is 13.1 Å². The Balaban J connectivity index is 1.39. The van der Waals surface area contributed by atoms with Crippen LogP contribution < -0.4 is 10.6 Å². The summed E-state index contributed by atoms with van der Waals surface area (Å²) in [5.41, 5.74) is 3.51. The van der Waals surface area contributed by atoms with Crippen LogP contribution in [0.5, 0.6) is 0 Å². The zero-order valence-corrected chi connectivity index (χ0v) is 14.4. The SMILES string of the molecule is O=C(NCc1ccc(-n2ccnn2)cc1)c1cn[nH]c1C1CCCNC1. The van der Waals surface area contributed by atoms with Crippen molar-refractivity contribution in [3.8, 4) is 5.69 Å². The van der Waals surface area contributed by atoms with Crippen LogP contribution >= 0.6 is 0 Å². The molecule has 26 heavy (non-hydrogen) atoms. The fourth-order valence-electron chi connectivity index (χ4n) is 3.28. The minimum atomic E-state index is -0.0975. The number of amides is 1. The Morgan fingerprint density at radius 3 is 2.92 bits per heavy atom. The van der Waals surface area contributed by atoms with Gasteiger partial charge >= 0.3 is 0 Å². The Kier molecular flexibility index (Phi) is 4.74. The summed E-state index contributed by atoms with van der Waals surface area (Å²) in [6, 6.07) is 7.84. The first-order valence-corrected chi connectivity index (χ1v) is 8.79. The van der Waals surface area contributed by atoms with Crippen LogP contribution in [0, 0.1) is 0 Å². The second-order valence-electron chi connectivity index (χ2n) is 6.44. The summed E-state index contributed by atoms with van der Waals surface area (Å²) in [4.78, 5) is 12.6. The first kappa shape index (κ1) is 16.5. The molecule has 8 nitrogen and oxygen atoms in total. The lowest BCUT2D eigenvalue weighted by Gasteiger charge is -2.22. The molecule has 8 heteroatoms. The highest BCUT2D eigenvalue weighted by Gasteiger charge is 2.23. The number of nitrogens with one attached hydrogen (secondary N) is 3. The second-order valence-corrected chi connectivity index (χ2v) is 6.44. The molecule has 1 atom stereocenters. The van der Waals surface area contributed by atoms with Gasteiger partial charge in [-0.25, -0.2) is 4.68 Å². The lowest BCUT2D eigenvalue weighted by molar-refractivity contribution is 0.0949. The van der Waals surface area contributed by atoms with E-state index in [4.69, 9.17) is 0 Å². The highest BCUT2D eigenvalue weighted by molar-refractivity contribution is 5.95. The van der Waals surface area contributed by atoms with E-state index in [9.17, 15) is 4.79 Å². The topological polar surface area (TPSA) is 101 Å². The van der Waals surface area contributed by atoms with Gasteiger partial charge in [0.25, 0.3) is 5.91 Å². The van der Waals surface area contributed by atoms with Gasteiger partial charge in [0.15, 0.2) is 0 Å². The Morgan fingerprint density at radius 1 is 1.31 bits per heavy atom. The van der Waals surface area contributed by atoms with Crippen molar-refractivity contribution in [1.29, 1.82) is 0 Å². The standard InChI is InChI=1S/C18H21N7O/c26-18(16-12-22-23-17(16)14-2-1-7-19-11-14)20-10-13-3-5-15(6-4-13)25-9-8-21-24-25/h3-6,8-9,12,14,19H,1-2,7,10-11H2,(H,20,26)(H,22,23). The quantitative estimate of drug-likeness (QED) is 0.645. The third-order valence-corrected chi connectivity index (χ3v) is 4.70. The smallest absolute Gasteiger partial charge is 0.255 e. The maximum Gasteiger partial charge on any atom is 0.255 e. The molecule has 1 aromatic carbocycles. The lowest BCUT2D eigenvalue weighted by Crippen LogP contribution is -2.30. The van der Waals surface area contributed by atoms with Crippen molar-refractivity contribution < 1.29 is 4.79 Å². The minimum absolute atomic E-state index is 0.0975. The molecule has 1 unspecified atom stereocenters. The minimum Gasteiger partial charge on any atom is -0.348 e. The van der Waals surface area contributed by atoms with Crippen LogP contribution in [-0.4, -0.2) is 44.2 Å². The molecule has 3 N–H and O–H groups in total. The van der Waals surface area contributed by atoms with Crippen molar-refractivity contribution in [2.45, 2.75) is 25.3 Å². The van der Waals surface area contributed by atoms with Crippen LogP contribution in [0.3, 0.4) is 0 Å². The highest BCUT2D eigenvalue weighted by Crippen LogP contribution is 2.24. The Morgan fingerprint density at radius 2 is 2.19 bits per heavy atom. The molecule has 1 aliphatic heterocycles. The van der Waals surface area contributed by atoms with E-state index >= 15 is 0 Å². The molecule has 3 aromatic rings. The summed E-state index contributed by atoms with van der Waals surface area (Å²) in [5, 5.41) is 21.2. The van der Waals surface area contributed by atoms with E-state index in [-0.39, 0.29) is 5.91 Å². The Bertz CT molecular complexity index is 848. The van der Waals surface area contributed by atoms with Gasteiger partial charge in [0, 0.05) is 19.0 Å². The molecule has 1 saturated heterocycles. The van der Waals surface area contributed by atoms with Gasteiger partial charge in [-0.1, -0.05) is 17.3 Å². The average molecular weight is 351 g/mol. The predicted molar refractivity (Wildman–Crippen MR) is 96.0 cm³/mol. The molecule has 1 fully saturated rings. The zero-order chi connectivity index (χ0) is 17.8. The van der Waals surface area contributed by atoms with Crippen LogP contribution in [0.25, 0.3) is 5.69 Å². The van der Waals surface area contributed by atoms with Gasteiger partial charge in [0.05, 0.1) is 35.5 Å². The molecular weight excluding hydrogens is 330 g/mol. The molecule has 134 valence electrons. The van der Waals surface area contributed by atoms with Gasteiger partial charge in [0.2, 0.25) is 0 Å². The largest absolute Gasteiger partial charge is 0.348 e. The van der Waals surface area contributed by atoms with Gasteiger partial charge in [0.1, 0.15) is 0 Å². The molecule has 1 aliphatic rings. The van der Waals surface area contributed by atoms with E-state index in [0.717, 1.165) is 42.9 Å². The maximum atomic E-state index is 12.6. The number of aromatic amines is 1. The number of benzene rings is 1. The molecule has 1 amide bonds. The van der Waals surface area contributed by atoms with Crippen molar-refractivity contribution in [3.63, 3.8) is 0 Å². The predicted octanol–water partition coefficient (Wildman–Crippen LogP) is 1.39. The number of hydrogen-bond donors (Lipinski definition) is 3. The van der Waals surface area contributed by atoms with Gasteiger partial charge < -0.3 is 10.6 Å². The van der Waals surface area contributed by atoms with Crippen LogP contribution in [0.4, 0.5) is 0 Å². The van der Waals surface area contributed by atoms with Gasteiger partial charge in [-0.2, -0.15) is 5.10 Å². The average Bonchev–Trinajstić information content (AvgIpc) is 3.39. The van der Waals surface area contributed by atoms with Crippen molar-refractivity contribution in [2.24, 2.45) is 0 Å². The molecule has 3 heterocycles. The summed E-state index contributed by atoms with van der Waals surface area (Å²) in [6.45, 7) is 2.38. The maximum absolute atomic E-state index is 12.6. The summed E-state index contributed by atoms with van der Waals surface area (Å²) >= 11 is 0. The van der Waals surface area contributed by atoms with E-state index < -0.39 is 0 Å². The molecule has 4 rings (SSSR count). The summed E-state index contributed by atoms with van der Waals surface area (Å²) in [7, 11) is 0. The molecule has 0 aliphatic carbocycles. The molecule has 0 bridgehead atoms. The fraction of sp³-hybridized carbons (Fsp3) is 0.333. The zero-order valence-electron chi connectivity index (χ0n) is 14.4. The lowest BCUT2D eigenvalue weighted by atomic mass is 9.93. The van der Waals surface area contributed by atoms with E-state index in [1.165, 1.54) is 0 Å². The molecular formula is C18H21N7O. The number of hydrogen-bond acceptors (Lipinski definition) is 5. The van der Waals surface area contributed by atoms with Crippen molar-refractivity contribution in [1.82, 2.24) is 35.8 Å². The first-order valence-electron chi connectivity index (χ1n) is 8.79. The number of carbonyl (C=O) groups excluding carboxylic acids is 1. The van der Waals surface area contributed by atoms with E-state index in [1.54, 1.807) is 23.3 Å². The number of H-pyrrole nitrogens is 1. The van der Waals surface area contributed by atoms with E-state index in [1.807, 2.05) is 24.3 Å². The van der Waals surface area contributed by atoms with Gasteiger partial charge in [-0.3, -0.25) is 9.89 Å². The summed E-state index contributed by atoms with van der Waals surface area (Å²) in [6.07, 6.45) is 7.23. The number of rotatable bonds is 5. The fourth-order valence-corrected chi connectivity index (χ4v) is 3.28. The van der Waals surface area contributed by atoms with Gasteiger partial charge in [-0.15, -0.1) is 5.10 Å². The Hall–Kier alpha value is -3.00. The van der Waals surface area contributed by atoms with Crippen LogP contribution in [-0.2, 0) is 6.54 Å². The van der Waals surface area contributed by atoms with Crippen LogP contribution in [0.1, 0.15) is 40.4 Å². The third-order valence-electron chi connectivity index (χ3n) is 4.70. The molecule has 2 aromatic heterocycles. The number of piperidine rings is 1. The van der Waals surface area contributed by atoms with Crippen LogP contribution in [0.15, 0.2) is 42.9 Å².